The molecule has 0 atom stereocenters. The molecule has 414 valence electrons. The summed E-state index contributed by atoms with van der Waals surface area (Å²) >= 11 is 0. The zero-order valence-corrected chi connectivity index (χ0v) is 45.2. The van der Waals surface area contributed by atoms with Crippen LogP contribution in [0.1, 0.15) is 74.1 Å². The minimum Gasteiger partial charge on any atom is -0.481 e. The van der Waals surface area contributed by atoms with Crippen LogP contribution in [-0.2, 0) is 19.2 Å². The predicted molar refractivity (Wildman–Crippen MR) is 320 cm³/mol. The second kappa shape index (κ2) is 22.3. The molecule has 84 heavy (non-hydrogen) atoms. The van der Waals surface area contributed by atoms with E-state index >= 15 is 0 Å². The molecule has 20 nitrogen and oxygen atoms in total. The van der Waals surface area contributed by atoms with Crippen LogP contribution in [0, 0.1) is 23.7 Å². The van der Waals surface area contributed by atoms with Crippen molar-refractivity contribution in [3.63, 3.8) is 0 Å². The summed E-state index contributed by atoms with van der Waals surface area (Å²) in [6, 6.07) is 7.58. The van der Waals surface area contributed by atoms with Gasteiger partial charge in [0.15, 0.2) is 0 Å². The quantitative estimate of drug-likeness (QED) is 0.0931. The van der Waals surface area contributed by atoms with E-state index in [0.717, 1.165) is 22.8 Å². The van der Waals surface area contributed by atoms with Crippen molar-refractivity contribution in [3.8, 4) is 23.7 Å². The molecule has 0 aromatic carbocycles. The van der Waals surface area contributed by atoms with Crippen molar-refractivity contribution in [1.29, 1.82) is 0 Å². The third kappa shape index (κ3) is 10.6. The van der Waals surface area contributed by atoms with Gasteiger partial charge in [0.2, 0.25) is 0 Å². The fourth-order valence-corrected chi connectivity index (χ4v) is 10.7. The lowest BCUT2D eigenvalue weighted by molar-refractivity contribution is -0.137. The molecule has 10 aliphatic heterocycles. The van der Waals surface area contributed by atoms with Gasteiger partial charge in [-0.2, -0.15) is 0 Å². The first-order valence-corrected chi connectivity index (χ1v) is 26.9. The molecule has 10 aliphatic rings. The van der Waals surface area contributed by atoms with Crippen LogP contribution in [0.25, 0.3) is 22.3 Å². The molecular weight excluding hydrogens is 1060 g/mol. The van der Waals surface area contributed by atoms with Crippen molar-refractivity contribution in [2.24, 2.45) is 30.0 Å². The van der Waals surface area contributed by atoms with Gasteiger partial charge in [-0.3, -0.25) is 19.2 Å². The van der Waals surface area contributed by atoms with Gasteiger partial charge in [-0.25, -0.2) is 30.0 Å². The highest BCUT2D eigenvalue weighted by atomic mass is 16.4. The van der Waals surface area contributed by atoms with Crippen molar-refractivity contribution in [2.75, 3.05) is 14.1 Å². The standard InChI is InChI=1S/C64H50N12O8/c1-75-33-31-65-63(75)61-53-23-19-49(71-53)37(7-27-57(77)78)45-15-11-41(67-45)35(42-12-16-46(68-42)38(8-28-58(79)80)50-20-24-54(61)72-50)5-3-4-6-36-43-13-17-47(69-43)39(9-29-59(81)82)51-21-25-55(73-51)62(64-66-32-34-76(64)2)56-26-22-52(74-56)40(10-30-60(83)84)48-18-14-44(36)70-48/h11-26,31-34,65-66,71,73H,7-10,27-30H2,1-2H3,(H,77,78)(H,79,80)(H,81,82)(H,83,84). The van der Waals surface area contributed by atoms with Crippen molar-refractivity contribution >= 4 is 80.4 Å². The molecule has 0 amide bonds. The molecule has 0 spiro atoms. The van der Waals surface area contributed by atoms with Crippen molar-refractivity contribution < 1.29 is 39.6 Å². The Morgan fingerprint density at radius 1 is 0.405 bits per heavy atom. The number of fused-ring (bicyclic) bond motifs is 10. The monoisotopic (exact) mass is 1110 g/mol. The smallest absolute Gasteiger partial charge is 0.303 e. The molecule has 8 N–H and O–H groups in total. The Labute approximate surface area is 480 Å². The number of hydrogen-bond donors (Lipinski definition) is 8. The van der Waals surface area contributed by atoms with E-state index in [9.17, 15) is 39.6 Å². The number of carbonyl (C=O) groups is 4. The lowest BCUT2D eigenvalue weighted by Crippen LogP contribution is -2.19. The van der Waals surface area contributed by atoms with E-state index < -0.39 is 23.9 Å². The number of nitrogens with one attached hydrogen (secondary N) is 4. The molecule has 0 aliphatic carbocycles. The van der Waals surface area contributed by atoms with Crippen LogP contribution in [0.2, 0.25) is 0 Å². The fraction of sp³-hybridized carbons (Fsp3) is 0.156. The number of carboxylic acids is 4. The first-order chi connectivity index (χ1) is 40.7. The number of aliphatic imine (C=N–C) groups is 6. The van der Waals surface area contributed by atoms with Gasteiger partial charge in [-0.1, -0.05) is 0 Å². The number of aliphatic carboxylic acids is 4. The highest BCUT2D eigenvalue weighted by Gasteiger charge is 2.30. The second-order valence-electron chi connectivity index (χ2n) is 20.2. The highest BCUT2D eigenvalue weighted by Crippen LogP contribution is 2.38. The van der Waals surface area contributed by atoms with Crippen LogP contribution in [0.15, 0.2) is 220 Å². The summed E-state index contributed by atoms with van der Waals surface area (Å²) in [6.45, 7) is 0. The first kappa shape index (κ1) is 53.3. The Balaban J connectivity index is 1.02. The Morgan fingerprint density at radius 2 is 0.714 bits per heavy atom. The van der Waals surface area contributed by atoms with E-state index in [1.807, 2.05) is 97.3 Å². The van der Waals surface area contributed by atoms with Gasteiger partial charge >= 0.3 is 23.9 Å². The topological polar surface area (TPSA) is 285 Å². The summed E-state index contributed by atoms with van der Waals surface area (Å²) in [4.78, 5) is 90.0. The van der Waals surface area contributed by atoms with E-state index in [2.05, 4.69) is 44.3 Å². The molecule has 12 heterocycles. The molecule has 2 aromatic heterocycles. The van der Waals surface area contributed by atoms with Gasteiger partial charge in [-0.15, -0.1) is 0 Å². The summed E-state index contributed by atoms with van der Waals surface area (Å²) < 4.78 is 0. The number of aromatic amines is 2. The van der Waals surface area contributed by atoms with Crippen LogP contribution >= 0.6 is 0 Å². The van der Waals surface area contributed by atoms with Crippen LogP contribution in [0.4, 0.5) is 0 Å². The third-order valence-corrected chi connectivity index (χ3v) is 14.8. The molecule has 12 rings (SSSR count). The molecule has 0 saturated carbocycles. The SMILES string of the molecule is CN1C=CNC1=C1C2=NC(=C(CCC(=O)O)C3=NC(=C(C#CC#CC4=C5C=CC(=N5)C(CCC(=O)O)=C5C=CC(=N5)C(=C5NC=CN5C)c5ccc([nH]5)C(CCC(=O)O)=C5C=CC4=N5)C4=NC(=C(CCC(=O)O)c5ccc1[nH]5)C=C4)C=C3)C=C2. The zero-order valence-electron chi connectivity index (χ0n) is 45.2. The lowest BCUT2D eigenvalue weighted by Gasteiger charge is -2.17. The van der Waals surface area contributed by atoms with Gasteiger partial charge in [0.25, 0.3) is 0 Å². The Morgan fingerprint density at radius 3 is 1.08 bits per heavy atom. The molecule has 0 fully saturated rings. The highest BCUT2D eigenvalue weighted by molar-refractivity contribution is 6.32. The number of aromatic nitrogens is 2. The maximum Gasteiger partial charge on any atom is 0.303 e. The average Bonchev–Trinajstić information content (AvgIpc) is 4.43. The normalized spacial score (nSPS) is 20.5. The van der Waals surface area contributed by atoms with Gasteiger partial charge in [0, 0.05) is 98.3 Å². The van der Waals surface area contributed by atoms with Gasteiger partial charge in [0.05, 0.1) is 102 Å². The Bertz CT molecular complexity index is 4010. The lowest BCUT2D eigenvalue weighted by atomic mass is 10.0. The second-order valence-corrected chi connectivity index (χ2v) is 20.2. The van der Waals surface area contributed by atoms with E-state index in [1.165, 1.54) is 0 Å². The number of nitrogens with zero attached hydrogens (tertiary/aromatic N) is 8. The molecule has 16 bridgehead atoms. The molecular formula is C64H50N12O8. The molecule has 2 aromatic rings. The summed E-state index contributed by atoms with van der Waals surface area (Å²) in [5.41, 5.74) is 13.2. The fourth-order valence-electron chi connectivity index (χ4n) is 10.7. The minimum absolute atomic E-state index is 0.113. The number of hydrogen-bond acceptors (Lipinski definition) is 14. The molecule has 20 heteroatoms. The van der Waals surface area contributed by atoms with E-state index in [1.54, 1.807) is 48.6 Å². The number of rotatable bonds is 12. The maximum absolute atomic E-state index is 12.1. The van der Waals surface area contributed by atoms with Crippen molar-refractivity contribution in [1.82, 2.24) is 30.4 Å². The maximum atomic E-state index is 12.1. The van der Waals surface area contributed by atoms with Gasteiger partial charge < -0.3 is 50.8 Å². The molecule has 0 radical (unpaired) electrons. The van der Waals surface area contributed by atoms with Crippen LogP contribution in [0.3, 0.4) is 0 Å². The van der Waals surface area contributed by atoms with Crippen LogP contribution in [-0.4, -0.2) is 112 Å². The van der Waals surface area contributed by atoms with E-state index in [0.29, 0.717) is 125 Å². The summed E-state index contributed by atoms with van der Waals surface area (Å²) in [5, 5.41) is 46.4. The summed E-state index contributed by atoms with van der Waals surface area (Å²) in [7, 11) is 3.80. The van der Waals surface area contributed by atoms with E-state index in [4.69, 9.17) is 30.0 Å². The third-order valence-electron chi connectivity index (χ3n) is 14.8. The molecule has 0 saturated heterocycles. The van der Waals surface area contributed by atoms with Gasteiger partial charge in [0.1, 0.15) is 11.6 Å². The van der Waals surface area contributed by atoms with Gasteiger partial charge in [-0.05, 0) is 147 Å². The zero-order chi connectivity index (χ0) is 58.2. The summed E-state index contributed by atoms with van der Waals surface area (Å²) in [6.07, 6.45) is 28.9. The number of allylic oxidation sites excluding steroid dienone is 20. The largest absolute Gasteiger partial charge is 0.481 e. The van der Waals surface area contributed by atoms with Crippen molar-refractivity contribution in [3.05, 3.63) is 213 Å². The minimum atomic E-state index is -0.990. The number of H-pyrrole nitrogens is 2. The molecule has 0 unspecified atom stereocenters. The van der Waals surface area contributed by atoms with E-state index in [-0.39, 0.29) is 51.4 Å². The Kier molecular flexibility index (Phi) is 14.1. The number of carboxylic acid groups (broad SMARTS) is 4. The Hall–Kier alpha value is -11.4. The van der Waals surface area contributed by atoms with Crippen molar-refractivity contribution in [2.45, 2.75) is 51.4 Å². The van der Waals surface area contributed by atoms with Crippen LogP contribution < -0.4 is 10.6 Å². The average molecular weight is 1120 g/mol. The van der Waals surface area contributed by atoms with Crippen LogP contribution in [0.5, 0.6) is 0 Å². The predicted octanol–water partition coefficient (Wildman–Crippen LogP) is 8.39. The first-order valence-electron chi connectivity index (χ1n) is 26.9. The summed E-state index contributed by atoms with van der Waals surface area (Å²) in [5.74, 6) is 10.1.